The molecule has 2 aromatic heterocycles. The second-order valence-electron chi connectivity index (χ2n) is 3.98. The standard InChI is InChI=1S/C11H14N6O2/c1-12-10(18)6-17-4-8(3-14-17)15-11(19)9-5-16(2)7-13-9/h3-5,7H,6H2,1-2H3,(H,12,18)(H,15,19). The number of carbonyl (C=O) groups is 2. The monoisotopic (exact) mass is 262 g/mol. The van der Waals surface area contributed by atoms with Crippen molar-refractivity contribution in [1.29, 1.82) is 0 Å². The summed E-state index contributed by atoms with van der Waals surface area (Å²) in [6.07, 6.45) is 6.22. The van der Waals surface area contributed by atoms with E-state index in [0.29, 0.717) is 11.4 Å². The average molecular weight is 262 g/mol. The maximum absolute atomic E-state index is 11.8. The molecule has 2 N–H and O–H groups in total. The van der Waals surface area contributed by atoms with Gasteiger partial charge in [-0.15, -0.1) is 0 Å². The fraction of sp³-hybridized carbons (Fsp3) is 0.273. The van der Waals surface area contributed by atoms with Crippen LogP contribution in [0.4, 0.5) is 5.69 Å². The fourth-order valence-electron chi connectivity index (χ4n) is 1.47. The average Bonchev–Trinajstić information content (AvgIpc) is 2.98. The minimum absolute atomic E-state index is 0.107. The highest BCUT2D eigenvalue weighted by Gasteiger charge is 2.10. The number of imidazole rings is 1. The minimum Gasteiger partial charge on any atom is -0.358 e. The van der Waals surface area contributed by atoms with E-state index in [4.69, 9.17) is 0 Å². The lowest BCUT2D eigenvalue weighted by molar-refractivity contribution is -0.121. The molecule has 0 radical (unpaired) electrons. The number of carbonyl (C=O) groups excluding carboxylic acids is 2. The van der Waals surface area contributed by atoms with E-state index in [1.54, 1.807) is 37.4 Å². The second-order valence-corrected chi connectivity index (χ2v) is 3.98. The summed E-state index contributed by atoms with van der Waals surface area (Å²) in [7, 11) is 3.33. The van der Waals surface area contributed by atoms with Crippen LogP contribution in [-0.2, 0) is 18.4 Å². The van der Waals surface area contributed by atoms with Gasteiger partial charge in [-0.1, -0.05) is 0 Å². The first-order valence-corrected chi connectivity index (χ1v) is 5.61. The molecule has 0 aliphatic rings. The lowest BCUT2D eigenvalue weighted by Crippen LogP contribution is -2.23. The lowest BCUT2D eigenvalue weighted by Gasteiger charge is -2.00. The third-order valence-corrected chi connectivity index (χ3v) is 2.41. The summed E-state index contributed by atoms with van der Waals surface area (Å²) in [5.74, 6) is -0.481. The Labute approximate surface area is 109 Å². The Morgan fingerprint density at radius 3 is 2.79 bits per heavy atom. The highest BCUT2D eigenvalue weighted by molar-refractivity contribution is 6.02. The van der Waals surface area contributed by atoms with Crippen LogP contribution in [0, 0.1) is 0 Å². The van der Waals surface area contributed by atoms with Gasteiger partial charge in [-0.25, -0.2) is 4.98 Å². The zero-order valence-corrected chi connectivity index (χ0v) is 10.6. The van der Waals surface area contributed by atoms with Gasteiger partial charge in [0.25, 0.3) is 5.91 Å². The summed E-state index contributed by atoms with van der Waals surface area (Å²) in [4.78, 5) is 26.9. The molecular weight excluding hydrogens is 248 g/mol. The number of likely N-dealkylation sites (N-methyl/N-ethyl adjacent to an activating group) is 1. The number of rotatable bonds is 4. The topological polar surface area (TPSA) is 93.8 Å². The van der Waals surface area contributed by atoms with Crippen molar-refractivity contribution >= 4 is 17.5 Å². The molecule has 0 saturated heterocycles. The Kier molecular flexibility index (Phi) is 3.60. The highest BCUT2D eigenvalue weighted by Crippen LogP contribution is 2.07. The van der Waals surface area contributed by atoms with E-state index in [0.717, 1.165) is 0 Å². The molecule has 100 valence electrons. The number of nitrogens with one attached hydrogen (secondary N) is 2. The smallest absolute Gasteiger partial charge is 0.275 e. The van der Waals surface area contributed by atoms with Crippen LogP contribution in [0.2, 0.25) is 0 Å². The minimum atomic E-state index is -0.319. The molecule has 0 fully saturated rings. The van der Waals surface area contributed by atoms with Crippen LogP contribution < -0.4 is 10.6 Å². The van der Waals surface area contributed by atoms with E-state index in [1.165, 1.54) is 10.9 Å². The number of aromatic nitrogens is 4. The number of anilines is 1. The van der Waals surface area contributed by atoms with Crippen LogP contribution in [0.5, 0.6) is 0 Å². The van der Waals surface area contributed by atoms with E-state index in [-0.39, 0.29) is 18.4 Å². The summed E-state index contributed by atoms with van der Waals surface area (Å²) >= 11 is 0. The summed E-state index contributed by atoms with van der Waals surface area (Å²) in [6.45, 7) is 0.107. The predicted molar refractivity (Wildman–Crippen MR) is 67.5 cm³/mol. The maximum atomic E-state index is 11.8. The van der Waals surface area contributed by atoms with Crippen LogP contribution in [0.25, 0.3) is 0 Å². The highest BCUT2D eigenvalue weighted by atomic mass is 16.2. The molecule has 8 nitrogen and oxygen atoms in total. The molecule has 2 heterocycles. The first-order valence-electron chi connectivity index (χ1n) is 5.61. The van der Waals surface area contributed by atoms with Crippen LogP contribution in [0.15, 0.2) is 24.9 Å². The molecule has 0 aromatic carbocycles. The Morgan fingerprint density at radius 2 is 2.16 bits per heavy atom. The SMILES string of the molecule is CNC(=O)Cn1cc(NC(=O)c2cn(C)cn2)cn1. The molecule has 8 heteroatoms. The Bertz CT molecular complexity index is 600. The second kappa shape index (κ2) is 5.34. The maximum Gasteiger partial charge on any atom is 0.275 e. The molecule has 0 bridgehead atoms. The van der Waals surface area contributed by atoms with E-state index >= 15 is 0 Å². The van der Waals surface area contributed by atoms with Crippen LogP contribution >= 0.6 is 0 Å². The quantitative estimate of drug-likeness (QED) is 0.785. The largest absolute Gasteiger partial charge is 0.358 e. The molecule has 0 aliphatic carbocycles. The number of amides is 2. The summed E-state index contributed by atoms with van der Waals surface area (Å²) in [6, 6.07) is 0. The summed E-state index contributed by atoms with van der Waals surface area (Å²) in [5, 5.41) is 9.12. The molecule has 2 amide bonds. The van der Waals surface area contributed by atoms with Crippen molar-refractivity contribution in [3.63, 3.8) is 0 Å². The van der Waals surface area contributed by atoms with Crippen molar-refractivity contribution in [3.05, 3.63) is 30.6 Å². The molecule has 0 saturated carbocycles. The summed E-state index contributed by atoms with van der Waals surface area (Å²) < 4.78 is 3.12. The lowest BCUT2D eigenvalue weighted by atomic mass is 10.4. The number of hydrogen-bond acceptors (Lipinski definition) is 4. The Balaban J connectivity index is 2.00. The molecule has 2 rings (SSSR count). The van der Waals surface area contributed by atoms with Gasteiger partial charge < -0.3 is 15.2 Å². The van der Waals surface area contributed by atoms with E-state index in [9.17, 15) is 9.59 Å². The van der Waals surface area contributed by atoms with Crippen LogP contribution in [-0.4, -0.2) is 38.2 Å². The third-order valence-electron chi connectivity index (χ3n) is 2.41. The van der Waals surface area contributed by atoms with Gasteiger partial charge in [0.15, 0.2) is 0 Å². The first kappa shape index (κ1) is 12.8. The van der Waals surface area contributed by atoms with Gasteiger partial charge in [0.1, 0.15) is 12.2 Å². The van der Waals surface area contributed by atoms with Crippen molar-refractivity contribution in [2.75, 3.05) is 12.4 Å². The van der Waals surface area contributed by atoms with Gasteiger partial charge in [-0.3, -0.25) is 14.3 Å². The van der Waals surface area contributed by atoms with E-state index < -0.39 is 0 Å². The molecule has 0 aliphatic heterocycles. The number of aryl methyl sites for hydroxylation is 1. The normalized spacial score (nSPS) is 10.2. The van der Waals surface area contributed by atoms with Gasteiger partial charge in [0.2, 0.25) is 5.91 Å². The van der Waals surface area contributed by atoms with Crippen molar-refractivity contribution in [1.82, 2.24) is 24.6 Å². The molecular formula is C11H14N6O2. The summed E-state index contributed by atoms with van der Waals surface area (Å²) in [5.41, 5.74) is 0.834. The van der Waals surface area contributed by atoms with Crippen molar-refractivity contribution in [3.8, 4) is 0 Å². The van der Waals surface area contributed by atoms with E-state index in [2.05, 4.69) is 20.7 Å². The number of nitrogens with zero attached hydrogens (tertiary/aromatic N) is 4. The molecule has 0 spiro atoms. The predicted octanol–water partition coefficient (Wildman–Crippen LogP) is -0.385. The van der Waals surface area contributed by atoms with Crippen molar-refractivity contribution < 1.29 is 9.59 Å². The van der Waals surface area contributed by atoms with Gasteiger partial charge in [-0.2, -0.15) is 5.10 Å². The fourth-order valence-corrected chi connectivity index (χ4v) is 1.47. The zero-order valence-electron chi connectivity index (χ0n) is 10.6. The Hall–Kier alpha value is -2.64. The first-order chi connectivity index (χ1) is 9.08. The zero-order chi connectivity index (χ0) is 13.8. The van der Waals surface area contributed by atoms with Crippen molar-refractivity contribution in [2.45, 2.75) is 6.54 Å². The third kappa shape index (κ3) is 3.18. The van der Waals surface area contributed by atoms with Crippen LogP contribution in [0.1, 0.15) is 10.5 Å². The van der Waals surface area contributed by atoms with Crippen LogP contribution in [0.3, 0.4) is 0 Å². The van der Waals surface area contributed by atoms with E-state index in [1.807, 2.05) is 0 Å². The molecule has 0 atom stereocenters. The van der Waals surface area contributed by atoms with Crippen molar-refractivity contribution in [2.24, 2.45) is 7.05 Å². The van der Waals surface area contributed by atoms with Gasteiger partial charge in [-0.05, 0) is 0 Å². The molecule has 19 heavy (non-hydrogen) atoms. The van der Waals surface area contributed by atoms with Gasteiger partial charge in [0, 0.05) is 26.5 Å². The molecule has 2 aromatic rings. The Morgan fingerprint density at radius 1 is 1.37 bits per heavy atom. The van der Waals surface area contributed by atoms with Gasteiger partial charge >= 0.3 is 0 Å². The number of hydrogen-bond donors (Lipinski definition) is 2. The molecule has 0 unspecified atom stereocenters. The van der Waals surface area contributed by atoms with Gasteiger partial charge in [0.05, 0.1) is 18.2 Å².